The van der Waals surface area contributed by atoms with Crippen molar-refractivity contribution in [3.8, 4) is 22.7 Å². The maximum atomic E-state index is 13.6. The Morgan fingerprint density at radius 3 is 2.85 bits per heavy atom. The summed E-state index contributed by atoms with van der Waals surface area (Å²) < 4.78 is 22.9. The molecule has 0 bridgehead atoms. The molecule has 1 amide bonds. The van der Waals surface area contributed by atoms with Crippen molar-refractivity contribution in [1.82, 2.24) is 44.6 Å². The topological polar surface area (TPSA) is 121 Å². The molecule has 40 heavy (non-hydrogen) atoms. The van der Waals surface area contributed by atoms with Crippen molar-refractivity contribution < 1.29 is 13.6 Å². The molecule has 0 atom stereocenters. The van der Waals surface area contributed by atoms with Gasteiger partial charge in [0, 0.05) is 23.1 Å². The maximum Gasteiger partial charge on any atom is 0.276 e. The first-order valence-electron chi connectivity index (χ1n) is 12.4. The van der Waals surface area contributed by atoms with Crippen LogP contribution in [0.15, 0.2) is 76.3 Å². The van der Waals surface area contributed by atoms with E-state index in [0.717, 1.165) is 27.7 Å². The first-order valence-corrected chi connectivity index (χ1v) is 13.2. The first-order chi connectivity index (χ1) is 19.5. The minimum absolute atomic E-state index is 0.210. The minimum atomic E-state index is -0.563. The van der Waals surface area contributed by atoms with Crippen molar-refractivity contribution in [1.29, 1.82) is 0 Å². The number of pyridine rings is 2. The summed E-state index contributed by atoms with van der Waals surface area (Å²) in [6, 6.07) is 14.5. The predicted octanol–water partition coefficient (Wildman–Crippen LogP) is 4.35. The SMILES string of the molecule is O=C(c1ncoc1-c1ccc2ccccc2n1)N1CCn2ncc(-c3cn(Cc4ccc(F)nc4Br)nn3)c2C1. The second kappa shape index (κ2) is 9.75. The number of halogens is 2. The Balaban J connectivity index is 1.13. The summed E-state index contributed by atoms with van der Waals surface area (Å²) in [6.07, 6.45) is 4.79. The fourth-order valence-electron chi connectivity index (χ4n) is 4.79. The molecule has 7 rings (SSSR count). The zero-order chi connectivity index (χ0) is 27.2. The summed E-state index contributed by atoms with van der Waals surface area (Å²) in [5, 5.41) is 14.0. The van der Waals surface area contributed by atoms with E-state index in [9.17, 15) is 9.18 Å². The highest BCUT2D eigenvalue weighted by Crippen LogP contribution is 2.29. The lowest BCUT2D eigenvalue weighted by atomic mass is 10.1. The molecule has 1 aliphatic rings. The molecule has 0 saturated carbocycles. The maximum absolute atomic E-state index is 13.6. The standard InChI is InChI=1S/C27H19BrFN9O2/c28-26-17(6-8-23(29)33-26)12-37-13-21(34-35-37)18-11-31-38-10-9-36(14-22(18)38)27(39)24-25(40-15-30-24)20-7-5-16-3-1-2-4-19(16)32-20/h1-8,11,13,15H,9-10,12,14H2. The fraction of sp³-hybridized carbons (Fsp3) is 0.148. The van der Waals surface area contributed by atoms with E-state index in [1.165, 1.54) is 12.5 Å². The second-order valence-corrected chi connectivity index (χ2v) is 10.0. The van der Waals surface area contributed by atoms with Gasteiger partial charge >= 0.3 is 0 Å². The molecule has 1 aliphatic heterocycles. The number of carbonyl (C=O) groups is 1. The summed E-state index contributed by atoms with van der Waals surface area (Å²) in [7, 11) is 0. The van der Waals surface area contributed by atoms with Gasteiger partial charge in [0.25, 0.3) is 5.91 Å². The van der Waals surface area contributed by atoms with E-state index >= 15 is 0 Å². The van der Waals surface area contributed by atoms with Crippen LogP contribution in [-0.4, -0.2) is 57.1 Å². The lowest BCUT2D eigenvalue weighted by Gasteiger charge is -2.27. The summed E-state index contributed by atoms with van der Waals surface area (Å²) in [5.41, 5.74) is 4.54. The molecule has 13 heteroatoms. The Morgan fingerprint density at radius 2 is 1.95 bits per heavy atom. The number of aromatic nitrogens is 8. The highest BCUT2D eigenvalue weighted by atomic mass is 79.9. The van der Waals surface area contributed by atoms with Gasteiger partial charge < -0.3 is 9.32 Å². The molecule has 0 aliphatic carbocycles. The van der Waals surface area contributed by atoms with Gasteiger partial charge in [0.2, 0.25) is 5.95 Å². The number of oxazole rings is 1. The molecule has 0 fully saturated rings. The van der Waals surface area contributed by atoms with Gasteiger partial charge in [-0.1, -0.05) is 29.5 Å². The molecular formula is C27H19BrFN9O2. The first kappa shape index (κ1) is 24.3. The van der Waals surface area contributed by atoms with Gasteiger partial charge in [0.1, 0.15) is 16.0 Å². The van der Waals surface area contributed by atoms with Crippen molar-refractivity contribution in [3.63, 3.8) is 0 Å². The van der Waals surface area contributed by atoms with E-state index in [1.54, 1.807) is 28.0 Å². The van der Waals surface area contributed by atoms with Gasteiger partial charge in [-0.2, -0.15) is 9.49 Å². The summed E-state index contributed by atoms with van der Waals surface area (Å²) in [4.78, 5) is 28.1. The zero-order valence-electron chi connectivity index (χ0n) is 20.8. The van der Waals surface area contributed by atoms with Crippen LogP contribution in [0, 0.1) is 5.95 Å². The number of hydrogen-bond donors (Lipinski definition) is 0. The predicted molar refractivity (Wildman–Crippen MR) is 144 cm³/mol. The van der Waals surface area contributed by atoms with Crippen molar-refractivity contribution in [3.05, 3.63) is 94.8 Å². The molecule has 0 radical (unpaired) electrons. The van der Waals surface area contributed by atoms with E-state index in [4.69, 9.17) is 4.42 Å². The molecule has 11 nitrogen and oxygen atoms in total. The fourth-order valence-corrected chi connectivity index (χ4v) is 5.21. The number of carbonyl (C=O) groups excluding carboxylic acids is 1. The number of hydrogen-bond acceptors (Lipinski definition) is 8. The lowest BCUT2D eigenvalue weighted by molar-refractivity contribution is 0.0701. The van der Waals surface area contributed by atoms with Crippen LogP contribution in [-0.2, 0) is 19.6 Å². The number of fused-ring (bicyclic) bond motifs is 2. The van der Waals surface area contributed by atoms with Gasteiger partial charge in [0.15, 0.2) is 17.8 Å². The normalized spacial score (nSPS) is 13.1. The molecule has 6 aromatic rings. The van der Waals surface area contributed by atoms with Crippen LogP contribution in [0.25, 0.3) is 33.6 Å². The number of rotatable bonds is 5. The van der Waals surface area contributed by atoms with Crippen LogP contribution in [0.1, 0.15) is 21.7 Å². The van der Waals surface area contributed by atoms with E-state index in [2.05, 4.69) is 46.3 Å². The van der Waals surface area contributed by atoms with Crippen LogP contribution >= 0.6 is 15.9 Å². The largest absolute Gasteiger partial charge is 0.441 e. The smallest absolute Gasteiger partial charge is 0.276 e. The molecule has 0 unspecified atom stereocenters. The summed E-state index contributed by atoms with van der Waals surface area (Å²) in [6.45, 7) is 1.64. The van der Waals surface area contributed by atoms with Crippen molar-refractivity contribution in [2.45, 2.75) is 19.6 Å². The van der Waals surface area contributed by atoms with Gasteiger partial charge in [-0.15, -0.1) is 5.10 Å². The van der Waals surface area contributed by atoms with Crippen molar-refractivity contribution in [2.24, 2.45) is 0 Å². The Labute approximate surface area is 234 Å². The van der Waals surface area contributed by atoms with Crippen LogP contribution in [0.5, 0.6) is 0 Å². The van der Waals surface area contributed by atoms with Gasteiger partial charge in [-0.05, 0) is 40.2 Å². The molecule has 1 aromatic carbocycles. The molecule has 198 valence electrons. The van der Waals surface area contributed by atoms with Crippen LogP contribution in [0.4, 0.5) is 4.39 Å². The lowest BCUT2D eigenvalue weighted by Crippen LogP contribution is -2.39. The van der Waals surface area contributed by atoms with Crippen LogP contribution < -0.4 is 0 Å². The molecule has 0 spiro atoms. The van der Waals surface area contributed by atoms with Crippen LogP contribution in [0.3, 0.4) is 0 Å². The highest BCUT2D eigenvalue weighted by Gasteiger charge is 2.30. The van der Waals surface area contributed by atoms with Gasteiger partial charge in [-0.25, -0.2) is 19.6 Å². The van der Waals surface area contributed by atoms with Gasteiger partial charge in [0.05, 0.1) is 43.2 Å². The third kappa shape index (κ3) is 4.33. The van der Waals surface area contributed by atoms with Crippen LogP contribution in [0.2, 0.25) is 0 Å². The Morgan fingerprint density at radius 1 is 1.05 bits per heavy atom. The van der Waals surface area contributed by atoms with E-state index < -0.39 is 5.95 Å². The second-order valence-electron chi connectivity index (χ2n) is 9.26. The molecular weight excluding hydrogens is 581 g/mol. The molecule has 6 heterocycles. The van der Waals surface area contributed by atoms with Crippen molar-refractivity contribution in [2.75, 3.05) is 6.54 Å². The Kier molecular flexibility index (Phi) is 5.92. The molecule has 5 aromatic heterocycles. The summed E-state index contributed by atoms with van der Waals surface area (Å²) in [5.74, 6) is -0.486. The van der Waals surface area contributed by atoms with Crippen molar-refractivity contribution >= 4 is 32.7 Å². The number of amides is 1. The average Bonchev–Trinajstić information content (AvgIpc) is 3.73. The quantitative estimate of drug-likeness (QED) is 0.268. The monoisotopic (exact) mass is 599 g/mol. The Bertz CT molecular complexity index is 1900. The third-order valence-corrected chi connectivity index (χ3v) is 7.48. The number of para-hydroxylation sites is 1. The highest BCUT2D eigenvalue weighted by molar-refractivity contribution is 9.10. The minimum Gasteiger partial charge on any atom is -0.441 e. The number of benzene rings is 1. The summed E-state index contributed by atoms with van der Waals surface area (Å²) >= 11 is 3.29. The van der Waals surface area contributed by atoms with E-state index in [1.807, 2.05) is 41.1 Å². The Hall–Kier alpha value is -4.78. The van der Waals surface area contributed by atoms with E-state index in [-0.39, 0.29) is 11.6 Å². The number of nitrogens with zero attached hydrogens (tertiary/aromatic N) is 9. The van der Waals surface area contributed by atoms with Gasteiger partial charge in [-0.3, -0.25) is 9.48 Å². The van der Waals surface area contributed by atoms with E-state index in [0.29, 0.717) is 47.9 Å². The molecule has 0 saturated heterocycles. The zero-order valence-corrected chi connectivity index (χ0v) is 22.4. The third-order valence-electron chi connectivity index (χ3n) is 6.80. The average molecular weight is 600 g/mol. The molecule has 0 N–H and O–H groups in total.